The summed E-state index contributed by atoms with van der Waals surface area (Å²) in [6, 6.07) is 5.48. The van der Waals surface area contributed by atoms with Crippen molar-refractivity contribution in [3.63, 3.8) is 0 Å². The summed E-state index contributed by atoms with van der Waals surface area (Å²) in [6.07, 6.45) is 1.74. The highest BCUT2D eigenvalue weighted by atomic mass is 16.6. The number of esters is 2. The smallest absolute Gasteiger partial charge is 0.336 e. The number of hydrogen-bond acceptors (Lipinski definition) is 6. The van der Waals surface area contributed by atoms with Crippen molar-refractivity contribution < 1.29 is 38.9 Å². The molecule has 0 bridgehead atoms. The highest BCUT2D eigenvalue weighted by Gasteiger charge is 2.14. The summed E-state index contributed by atoms with van der Waals surface area (Å²) in [5.41, 5.74) is -0.380. The number of ether oxygens (including phenoxy) is 2. The lowest BCUT2D eigenvalue weighted by Crippen LogP contribution is -2.23. The topological polar surface area (TPSA) is 127 Å². The highest BCUT2D eigenvalue weighted by molar-refractivity contribution is 6.01. The number of carbonyl (C=O) groups is 4. The summed E-state index contributed by atoms with van der Waals surface area (Å²) in [5.74, 6) is -3.47. The second kappa shape index (κ2) is 8.32. The van der Waals surface area contributed by atoms with Crippen molar-refractivity contribution in [3.05, 3.63) is 47.5 Å². The number of aromatic carboxylic acids is 2. The number of carboxylic acid groups (broad SMARTS) is 2. The van der Waals surface area contributed by atoms with Crippen LogP contribution in [-0.2, 0) is 19.1 Å². The average Bonchev–Trinajstić information content (AvgIpc) is 2.50. The number of cyclic esters (lactones) is 2. The second-order valence-corrected chi connectivity index (χ2v) is 4.37. The number of carbonyl (C=O) groups excluding carboxylic acids is 2. The first-order valence-electron chi connectivity index (χ1n) is 6.42. The molecule has 8 heteroatoms. The number of hydrogen-bond donors (Lipinski definition) is 2. The van der Waals surface area contributed by atoms with Crippen molar-refractivity contribution in [2.24, 2.45) is 0 Å². The van der Waals surface area contributed by atoms with Gasteiger partial charge in [-0.05, 0) is 19.1 Å². The van der Waals surface area contributed by atoms with Gasteiger partial charge in [0.25, 0.3) is 0 Å². The van der Waals surface area contributed by atoms with Gasteiger partial charge in [-0.15, -0.1) is 0 Å². The predicted molar refractivity (Wildman–Crippen MR) is 76.0 cm³/mol. The molecule has 1 aromatic carbocycles. The first-order valence-corrected chi connectivity index (χ1v) is 6.42. The van der Waals surface area contributed by atoms with Crippen molar-refractivity contribution in [1.82, 2.24) is 0 Å². The van der Waals surface area contributed by atoms with E-state index >= 15 is 0 Å². The third-order valence-corrected chi connectivity index (χ3v) is 2.52. The van der Waals surface area contributed by atoms with Crippen LogP contribution >= 0.6 is 0 Å². The van der Waals surface area contributed by atoms with Gasteiger partial charge in [0.15, 0.2) is 0 Å². The van der Waals surface area contributed by atoms with Gasteiger partial charge in [0.2, 0.25) is 0 Å². The summed E-state index contributed by atoms with van der Waals surface area (Å²) in [7, 11) is 0. The third kappa shape index (κ3) is 6.00. The van der Waals surface area contributed by atoms with Crippen LogP contribution in [0.4, 0.5) is 0 Å². The van der Waals surface area contributed by atoms with Crippen LogP contribution in [0.3, 0.4) is 0 Å². The first kappa shape index (κ1) is 17.9. The first-order chi connectivity index (χ1) is 10.8. The minimum absolute atomic E-state index is 0.120. The normalized spacial score (nSPS) is 16.8. The molecular weight excluding hydrogens is 308 g/mol. The van der Waals surface area contributed by atoms with Gasteiger partial charge in [-0.25, -0.2) is 19.2 Å². The molecule has 122 valence electrons. The van der Waals surface area contributed by atoms with Crippen LogP contribution in [0.2, 0.25) is 0 Å². The molecule has 0 fully saturated rings. The molecule has 23 heavy (non-hydrogen) atoms. The van der Waals surface area contributed by atoms with Gasteiger partial charge in [-0.2, -0.15) is 0 Å². The molecule has 0 spiro atoms. The molecule has 1 atom stereocenters. The zero-order valence-corrected chi connectivity index (χ0v) is 12.1. The van der Waals surface area contributed by atoms with Crippen LogP contribution in [0.25, 0.3) is 0 Å². The Morgan fingerprint density at radius 1 is 1.00 bits per heavy atom. The van der Waals surface area contributed by atoms with E-state index in [2.05, 4.69) is 4.74 Å². The van der Waals surface area contributed by atoms with Crippen LogP contribution in [0, 0.1) is 0 Å². The Hall–Kier alpha value is -3.16. The molecule has 1 unspecified atom stereocenters. The van der Waals surface area contributed by atoms with Crippen LogP contribution in [0.1, 0.15) is 27.6 Å². The minimum atomic E-state index is -1.23. The second-order valence-electron chi connectivity index (χ2n) is 4.37. The van der Waals surface area contributed by atoms with E-state index in [0.717, 1.165) is 12.2 Å². The van der Waals surface area contributed by atoms with Crippen molar-refractivity contribution in [2.75, 3.05) is 6.61 Å². The Balaban J connectivity index is 0.000000231. The van der Waals surface area contributed by atoms with Crippen molar-refractivity contribution in [3.8, 4) is 0 Å². The molecule has 0 amide bonds. The maximum atomic E-state index is 10.7. The Morgan fingerprint density at radius 2 is 1.48 bits per heavy atom. The summed E-state index contributed by atoms with van der Waals surface area (Å²) in [4.78, 5) is 42.2. The molecule has 0 saturated heterocycles. The Kier molecular flexibility index (Phi) is 6.47. The number of rotatable bonds is 2. The fourth-order valence-corrected chi connectivity index (χ4v) is 1.51. The predicted octanol–water partition coefficient (Wildman–Crippen LogP) is 1.11. The van der Waals surface area contributed by atoms with E-state index < -0.39 is 23.9 Å². The lowest BCUT2D eigenvalue weighted by Gasteiger charge is -2.13. The van der Waals surface area contributed by atoms with E-state index in [1.807, 2.05) is 0 Å². The molecular formula is C15H14O8. The van der Waals surface area contributed by atoms with Crippen LogP contribution in [0.15, 0.2) is 36.4 Å². The molecule has 1 aliphatic rings. The summed E-state index contributed by atoms with van der Waals surface area (Å²) in [6.45, 7) is 1.78. The monoisotopic (exact) mass is 322 g/mol. The lowest BCUT2D eigenvalue weighted by molar-refractivity contribution is -0.153. The Labute approximate surface area is 130 Å². The van der Waals surface area contributed by atoms with E-state index in [9.17, 15) is 19.2 Å². The Bertz CT molecular complexity index is 614. The molecule has 1 aromatic rings. The SMILES string of the molecule is CC1COC(=O)C=CC(=O)O1.O=C(O)c1ccccc1C(=O)O. The van der Waals surface area contributed by atoms with Gasteiger partial charge in [0, 0.05) is 12.2 Å². The van der Waals surface area contributed by atoms with Crippen molar-refractivity contribution >= 4 is 23.9 Å². The molecule has 2 rings (SSSR count). The van der Waals surface area contributed by atoms with E-state index in [-0.39, 0.29) is 23.8 Å². The molecule has 1 aliphatic heterocycles. The summed E-state index contributed by atoms with van der Waals surface area (Å²) in [5, 5.41) is 17.1. The van der Waals surface area contributed by atoms with Crippen LogP contribution in [0.5, 0.6) is 0 Å². The van der Waals surface area contributed by atoms with Gasteiger partial charge in [0.05, 0.1) is 11.1 Å². The standard InChI is InChI=1S/C8H6O4.C7H8O4/c9-7(10)5-3-1-2-4-6(5)8(11)12;1-5-4-10-6(8)2-3-7(9)11-5/h1-4H,(H,9,10)(H,11,12);2-3,5H,4H2,1H3. The molecule has 0 saturated carbocycles. The number of benzene rings is 1. The average molecular weight is 322 g/mol. The molecule has 1 heterocycles. The quantitative estimate of drug-likeness (QED) is 0.775. The Morgan fingerprint density at radius 3 is 1.96 bits per heavy atom. The van der Waals surface area contributed by atoms with Gasteiger partial charge < -0.3 is 19.7 Å². The van der Waals surface area contributed by atoms with E-state index in [4.69, 9.17) is 14.9 Å². The van der Waals surface area contributed by atoms with E-state index in [1.165, 1.54) is 24.3 Å². The molecule has 0 aromatic heterocycles. The fraction of sp³-hybridized carbons (Fsp3) is 0.200. The number of carboxylic acids is 2. The zero-order valence-electron chi connectivity index (χ0n) is 12.1. The molecule has 0 aliphatic carbocycles. The van der Waals surface area contributed by atoms with Crippen LogP contribution in [-0.4, -0.2) is 46.8 Å². The van der Waals surface area contributed by atoms with Crippen LogP contribution < -0.4 is 0 Å². The fourth-order valence-electron chi connectivity index (χ4n) is 1.51. The van der Waals surface area contributed by atoms with E-state index in [1.54, 1.807) is 6.92 Å². The summed E-state index contributed by atoms with van der Waals surface area (Å²) >= 11 is 0. The maximum Gasteiger partial charge on any atom is 0.336 e. The van der Waals surface area contributed by atoms with Gasteiger partial charge in [-0.3, -0.25) is 0 Å². The van der Waals surface area contributed by atoms with Gasteiger partial charge in [-0.1, -0.05) is 12.1 Å². The minimum Gasteiger partial charge on any atom is -0.478 e. The molecule has 2 N–H and O–H groups in total. The van der Waals surface area contributed by atoms with E-state index in [0.29, 0.717) is 0 Å². The largest absolute Gasteiger partial charge is 0.478 e. The molecule has 0 radical (unpaired) electrons. The van der Waals surface area contributed by atoms with Gasteiger partial charge in [0.1, 0.15) is 12.7 Å². The van der Waals surface area contributed by atoms with Crippen molar-refractivity contribution in [2.45, 2.75) is 13.0 Å². The van der Waals surface area contributed by atoms with Gasteiger partial charge >= 0.3 is 23.9 Å². The molecule has 8 nitrogen and oxygen atoms in total. The lowest BCUT2D eigenvalue weighted by atomic mass is 10.1. The maximum absolute atomic E-state index is 10.7. The zero-order chi connectivity index (χ0) is 17.4. The van der Waals surface area contributed by atoms with Crippen molar-refractivity contribution in [1.29, 1.82) is 0 Å². The highest BCUT2D eigenvalue weighted by Crippen LogP contribution is 2.07. The third-order valence-electron chi connectivity index (χ3n) is 2.52. The summed E-state index contributed by atoms with van der Waals surface area (Å²) < 4.78 is 9.38.